The molecule has 0 radical (unpaired) electrons. The van der Waals surface area contributed by atoms with Crippen LogP contribution in [0, 0.1) is 0 Å². The Kier molecular flexibility index (Phi) is 3.69. The summed E-state index contributed by atoms with van der Waals surface area (Å²) in [5.41, 5.74) is 6.51. The van der Waals surface area contributed by atoms with Gasteiger partial charge in [-0.2, -0.15) is 0 Å². The molecular weight excluding hydrogens is 298 g/mol. The number of hydrogen-bond donors (Lipinski definition) is 0. The molecule has 120 valence electrons. The first-order valence-electron chi connectivity index (χ1n) is 8.24. The van der Waals surface area contributed by atoms with Gasteiger partial charge in [-0.25, -0.2) is 0 Å². The first-order valence-corrected chi connectivity index (χ1v) is 8.24. The molecule has 0 N–H and O–H groups in total. The summed E-state index contributed by atoms with van der Waals surface area (Å²) in [7, 11) is 1.66. The van der Waals surface area contributed by atoms with E-state index in [-0.39, 0.29) is 0 Å². The number of ether oxygens (including phenoxy) is 1. The molecule has 3 aromatic rings. The molecule has 0 amide bonds. The minimum atomic E-state index is 0.784. The topological polar surface area (TPSA) is 31.2 Å². The number of fused-ring (bicyclic) bond motifs is 1. The third kappa shape index (κ3) is 2.24. The quantitative estimate of drug-likeness (QED) is 0.659. The van der Waals surface area contributed by atoms with Crippen molar-refractivity contribution in [2.75, 3.05) is 7.11 Å². The van der Waals surface area contributed by atoms with Crippen molar-refractivity contribution in [2.24, 2.45) is 0 Å². The van der Waals surface area contributed by atoms with Crippen LogP contribution >= 0.6 is 0 Å². The molecule has 0 spiro atoms. The molecule has 0 atom stereocenters. The molecule has 0 saturated heterocycles. The second-order valence-corrected chi connectivity index (χ2v) is 6.05. The highest BCUT2D eigenvalue weighted by Gasteiger charge is 2.27. The number of carbonyl (C=O) groups excluding carboxylic acids is 1. The summed E-state index contributed by atoms with van der Waals surface area (Å²) in [5.74, 6) is 0.819. The number of aldehydes is 1. The van der Waals surface area contributed by atoms with Gasteiger partial charge in [0.15, 0.2) is 6.29 Å². The van der Waals surface area contributed by atoms with E-state index in [9.17, 15) is 4.79 Å². The number of hydrogen-bond acceptors (Lipinski definition) is 2. The third-order valence-electron chi connectivity index (χ3n) is 4.76. The summed E-state index contributed by atoms with van der Waals surface area (Å²) in [5, 5.41) is 0. The Morgan fingerprint density at radius 1 is 0.958 bits per heavy atom. The van der Waals surface area contributed by atoms with Crippen molar-refractivity contribution in [3.63, 3.8) is 0 Å². The Morgan fingerprint density at radius 3 is 2.33 bits per heavy atom. The van der Waals surface area contributed by atoms with E-state index < -0.39 is 0 Å². The zero-order chi connectivity index (χ0) is 16.5. The average molecular weight is 317 g/mol. The summed E-state index contributed by atoms with van der Waals surface area (Å²) in [6, 6.07) is 18.3. The molecule has 1 aliphatic rings. The fourth-order valence-electron chi connectivity index (χ4n) is 3.70. The van der Waals surface area contributed by atoms with Crippen molar-refractivity contribution >= 4 is 6.29 Å². The van der Waals surface area contributed by atoms with Crippen molar-refractivity contribution in [1.29, 1.82) is 0 Å². The Morgan fingerprint density at radius 2 is 1.67 bits per heavy atom. The predicted molar refractivity (Wildman–Crippen MR) is 95.6 cm³/mol. The molecule has 0 aliphatic carbocycles. The summed E-state index contributed by atoms with van der Waals surface area (Å²) >= 11 is 0. The van der Waals surface area contributed by atoms with Gasteiger partial charge in [0.2, 0.25) is 0 Å². The molecule has 3 heteroatoms. The monoisotopic (exact) mass is 317 g/mol. The number of methoxy groups -OCH3 is 1. The lowest BCUT2D eigenvalue weighted by molar-refractivity contribution is 0.111. The van der Waals surface area contributed by atoms with E-state index >= 15 is 0 Å². The lowest BCUT2D eigenvalue weighted by Crippen LogP contribution is -1.98. The van der Waals surface area contributed by atoms with Crippen molar-refractivity contribution < 1.29 is 9.53 Å². The SMILES string of the molecule is COc1ccc(-c2c(-c3ccccc3)c3n(c2C=O)CCC3)cc1. The van der Waals surface area contributed by atoms with E-state index in [4.69, 9.17) is 4.74 Å². The van der Waals surface area contributed by atoms with Gasteiger partial charge in [0.25, 0.3) is 0 Å². The molecule has 1 aliphatic heterocycles. The summed E-state index contributed by atoms with van der Waals surface area (Å²) in [4.78, 5) is 11.9. The minimum absolute atomic E-state index is 0.784. The molecule has 2 aromatic carbocycles. The second kappa shape index (κ2) is 6.00. The van der Waals surface area contributed by atoms with E-state index in [1.165, 1.54) is 16.8 Å². The van der Waals surface area contributed by atoms with Crippen molar-refractivity contribution in [2.45, 2.75) is 19.4 Å². The van der Waals surface area contributed by atoms with Crippen molar-refractivity contribution in [3.05, 3.63) is 66.0 Å². The highest BCUT2D eigenvalue weighted by molar-refractivity contribution is 5.97. The maximum atomic E-state index is 11.9. The van der Waals surface area contributed by atoms with Gasteiger partial charge in [0.1, 0.15) is 5.75 Å². The smallest absolute Gasteiger partial charge is 0.167 e. The first kappa shape index (κ1) is 14.8. The molecule has 4 rings (SSSR count). The molecule has 0 unspecified atom stereocenters. The molecule has 1 aromatic heterocycles. The van der Waals surface area contributed by atoms with Crippen LogP contribution in [0.3, 0.4) is 0 Å². The van der Waals surface area contributed by atoms with Crippen LogP contribution in [0.5, 0.6) is 5.75 Å². The van der Waals surface area contributed by atoms with Crippen LogP contribution in [-0.4, -0.2) is 18.0 Å². The number of rotatable bonds is 4. The Hall–Kier alpha value is -2.81. The fourth-order valence-corrected chi connectivity index (χ4v) is 3.70. The lowest BCUT2D eigenvalue weighted by atomic mass is 9.94. The van der Waals surface area contributed by atoms with Crippen LogP contribution in [-0.2, 0) is 13.0 Å². The van der Waals surface area contributed by atoms with Gasteiger partial charge >= 0.3 is 0 Å². The van der Waals surface area contributed by atoms with Gasteiger partial charge in [-0.3, -0.25) is 4.79 Å². The Balaban J connectivity index is 1.99. The van der Waals surface area contributed by atoms with Crippen molar-refractivity contribution in [3.8, 4) is 28.0 Å². The maximum absolute atomic E-state index is 11.9. The molecule has 0 bridgehead atoms. The number of benzene rings is 2. The Bertz CT molecular complexity index is 876. The molecule has 0 saturated carbocycles. The second-order valence-electron chi connectivity index (χ2n) is 6.05. The molecular formula is C21H19NO2. The van der Waals surface area contributed by atoms with Gasteiger partial charge in [0.05, 0.1) is 12.8 Å². The largest absolute Gasteiger partial charge is 0.497 e. The Labute approximate surface area is 141 Å². The number of nitrogens with zero attached hydrogens (tertiary/aromatic N) is 1. The fraction of sp³-hybridized carbons (Fsp3) is 0.190. The summed E-state index contributed by atoms with van der Waals surface area (Å²) in [6.45, 7) is 0.916. The van der Waals surface area contributed by atoms with Crippen LogP contribution in [0.1, 0.15) is 22.6 Å². The van der Waals surface area contributed by atoms with Crippen LogP contribution in [0.2, 0.25) is 0 Å². The average Bonchev–Trinajstić information content (AvgIpc) is 3.22. The minimum Gasteiger partial charge on any atom is -0.497 e. The van der Waals surface area contributed by atoms with E-state index in [1.54, 1.807) is 7.11 Å². The zero-order valence-corrected chi connectivity index (χ0v) is 13.7. The third-order valence-corrected chi connectivity index (χ3v) is 4.76. The van der Waals surface area contributed by atoms with Crippen LogP contribution < -0.4 is 4.74 Å². The van der Waals surface area contributed by atoms with Crippen LogP contribution in [0.25, 0.3) is 22.3 Å². The van der Waals surface area contributed by atoms with Crippen LogP contribution in [0.15, 0.2) is 54.6 Å². The van der Waals surface area contributed by atoms with Gasteiger partial charge in [-0.15, -0.1) is 0 Å². The highest BCUT2D eigenvalue weighted by atomic mass is 16.5. The van der Waals surface area contributed by atoms with Gasteiger partial charge in [-0.1, -0.05) is 42.5 Å². The predicted octanol–water partition coefficient (Wildman–Crippen LogP) is 4.59. The molecule has 0 fully saturated rings. The molecule has 24 heavy (non-hydrogen) atoms. The van der Waals surface area contributed by atoms with Crippen LogP contribution in [0.4, 0.5) is 0 Å². The van der Waals surface area contributed by atoms with E-state index in [1.807, 2.05) is 42.5 Å². The first-order chi connectivity index (χ1) is 11.8. The molecule has 2 heterocycles. The zero-order valence-electron chi connectivity index (χ0n) is 13.7. The highest BCUT2D eigenvalue weighted by Crippen LogP contribution is 2.42. The lowest BCUT2D eigenvalue weighted by Gasteiger charge is -2.09. The van der Waals surface area contributed by atoms with Crippen molar-refractivity contribution in [1.82, 2.24) is 4.57 Å². The normalized spacial score (nSPS) is 12.9. The standard InChI is InChI=1S/C21H19NO2/c1-24-17-11-9-16(10-12-17)21-19(14-23)22-13-5-8-18(22)20(21)15-6-3-2-4-7-15/h2-4,6-7,9-12,14H,5,8,13H2,1H3. The van der Waals surface area contributed by atoms with E-state index in [2.05, 4.69) is 16.7 Å². The maximum Gasteiger partial charge on any atom is 0.167 e. The van der Waals surface area contributed by atoms with Gasteiger partial charge in [-0.05, 0) is 36.1 Å². The number of carbonyl (C=O) groups is 1. The van der Waals surface area contributed by atoms with Gasteiger partial charge in [0, 0.05) is 23.4 Å². The van der Waals surface area contributed by atoms with Gasteiger partial charge < -0.3 is 9.30 Å². The summed E-state index contributed by atoms with van der Waals surface area (Å²) in [6.07, 6.45) is 3.11. The van der Waals surface area contributed by atoms with E-state index in [0.29, 0.717) is 0 Å². The summed E-state index contributed by atoms with van der Waals surface area (Å²) < 4.78 is 7.45. The number of aromatic nitrogens is 1. The molecule has 3 nitrogen and oxygen atoms in total. The van der Waals surface area contributed by atoms with E-state index in [0.717, 1.165) is 48.2 Å².